The van der Waals surface area contributed by atoms with E-state index in [2.05, 4.69) is 19.9 Å². The summed E-state index contributed by atoms with van der Waals surface area (Å²) in [5.74, 6) is 0.634. The fourth-order valence-electron chi connectivity index (χ4n) is 7.24. The van der Waals surface area contributed by atoms with Crippen LogP contribution in [-0.4, -0.2) is 28.7 Å². The molecule has 3 fully saturated rings. The van der Waals surface area contributed by atoms with E-state index >= 15 is 0 Å². The molecular formula is C20H30O3. The summed E-state index contributed by atoms with van der Waals surface area (Å²) in [6.07, 6.45) is 11.7. The van der Waals surface area contributed by atoms with Gasteiger partial charge in [0.05, 0.1) is 12.2 Å². The van der Waals surface area contributed by atoms with E-state index in [1.165, 1.54) is 11.9 Å². The molecule has 3 saturated carbocycles. The summed E-state index contributed by atoms with van der Waals surface area (Å²) in [5, 5.41) is 20.7. The number of fused-ring (bicyclic) bond motifs is 3. The Balaban J connectivity index is 1.77. The topological polar surface area (TPSA) is 57.5 Å². The van der Waals surface area contributed by atoms with Crippen LogP contribution >= 0.6 is 0 Å². The Labute approximate surface area is 139 Å². The third-order valence-corrected chi connectivity index (χ3v) is 8.27. The lowest BCUT2D eigenvalue weighted by atomic mass is 9.44. The molecule has 3 nitrogen and oxygen atoms in total. The van der Waals surface area contributed by atoms with Gasteiger partial charge in [-0.25, -0.2) is 0 Å². The molecule has 0 aromatic carbocycles. The van der Waals surface area contributed by atoms with Crippen LogP contribution in [0.1, 0.15) is 65.2 Å². The zero-order valence-corrected chi connectivity index (χ0v) is 14.5. The molecule has 0 heterocycles. The van der Waals surface area contributed by atoms with E-state index in [9.17, 15) is 15.0 Å². The van der Waals surface area contributed by atoms with Crippen molar-refractivity contribution in [3.05, 3.63) is 11.6 Å². The molecule has 128 valence electrons. The Bertz CT molecular complexity index is 569. The number of allylic oxidation sites excluding steroid dienone is 2. The van der Waals surface area contributed by atoms with Gasteiger partial charge in [-0.2, -0.15) is 0 Å². The van der Waals surface area contributed by atoms with Crippen LogP contribution in [0.25, 0.3) is 0 Å². The molecule has 0 aromatic rings. The number of hydrogen-bond acceptors (Lipinski definition) is 3. The van der Waals surface area contributed by atoms with Crippen molar-refractivity contribution in [3.63, 3.8) is 0 Å². The zero-order chi connectivity index (χ0) is 16.5. The van der Waals surface area contributed by atoms with Gasteiger partial charge in [0.25, 0.3) is 0 Å². The first kappa shape index (κ1) is 15.8. The lowest BCUT2D eigenvalue weighted by Gasteiger charge is -2.60. The van der Waals surface area contributed by atoms with Gasteiger partial charge in [0.1, 0.15) is 6.29 Å². The lowest BCUT2D eigenvalue weighted by molar-refractivity contribution is -0.127. The van der Waals surface area contributed by atoms with Gasteiger partial charge in [0.2, 0.25) is 0 Å². The Morgan fingerprint density at radius 3 is 2.78 bits per heavy atom. The molecule has 0 radical (unpaired) electrons. The Hall–Kier alpha value is -0.670. The minimum atomic E-state index is -0.899. The standard InChI is InChI=1S/C20H30O3/c1-17(12-21)7-3-8-18(2)15(17)6-9-19-10-14(4-5-16(18)19)20(23,11-19)13-22/h5,12,14-15,22-23H,3-4,6-11,13H2,1-2H3/t14-,15-,17+,18-,19+,20+/m1/s1. The first-order valence-corrected chi connectivity index (χ1v) is 9.33. The summed E-state index contributed by atoms with van der Waals surface area (Å²) in [6.45, 7) is 4.42. The van der Waals surface area contributed by atoms with Gasteiger partial charge in [-0.15, -0.1) is 0 Å². The molecule has 0 unspecified atom stereocenters. The van der Waals surface area contributed by atoms with E-state index < -0.39 is 5.60 Å². The van der Waals surface area contributed by atoms with Crippen molar-refractivity contribution in [1.82, 2.24) is 0 Å². The predicted octanol–water partition coefficient (Wildman–Crippen LogP) is 3.24. The van der Waals surface area contributed by atoms with Gasteiger partial charge in [-0.05, 0) is 67.6 Å². The van der Waals surface area contributed by atoms with Crippen LogP contribution in [0.5, 0.6) is 0 Å². The van der Waals surface area contributed by atoms with Crippen LogP contribution in [0.3, 0.4) is 0 Å². The van der Waals surface area contributed by atoms with Crippen molar-refractivity contribution in [2.24, 2.45) is 28.1 Å². The number of hydrogen-bond donors (Lipinski definition) is 2. The van der Waals surface area contributed by atoms with Crippen LogP contribution in [0.4, 0.5) is 0 Å². The monoisotopic (exact) mass is 318 g/mol. The first-order valence-electron chi connectivity index (χ1n) is 9.33. The normalized spacial score (nSPS) is 54.9. The number of rotatable bonds is 2. The average Bonchev–Trinajstić information content (AvgIpc) is 2.74. The molecule has 2 N–H and O–H groups in total. The molecule has 4 aliphatic carbocycles. The van der Waals surface area contributed by atoms with Crippen molar-refractivity contribution in [1.29, 1.82) is 0 Å². The Morgan fingerprint density at radius 1 is 1.30 bits per heavy atom. The van der Waals surface area contributed by atoms with E-state index in [0.717, 1.165) is 44.9 Å². The van der Waals surface area contributed by atoms with E-state index in [1.807, 2.05) is 0 Å². The lowest BCUT2D eigenvalue weighted by Crippen LogP contribution is -2.52. The van der Waals surface area contributed by atoms with E-state index in [-0.39, 0.29) is 28.8 Å². The third-order valence-electron chi connectivity index (χ3n) is 8.27. The number of carbonyl (C=O) groups is 1. The zero-order valence-electron chi connectivity index (χ0n) is 14.5. The molecule has 4 aliphatic rings. The largest absolute Gasteiger partial charge is 0.393 e. The van der Waals surface area contributed by atoms with Crippen molar-refractivity contribution in [2.45, 2.75) is 70.8 Å². The van der Waals surface area contributed by atoms with Gasteiger partial charge in [0.15, 0.2) is 0 Å². The molecule has 0 saturated heterocycles. The molecule has 6 atom stereocenters. The van der Waals surface area contributed by atoms with E-state index in [4.69, 9.17) is 0 Å². The molecule has 3 heteroatoms. The van der Waals surface area contributed by atoms with Gasteiger partial charge in [-0.1, -0.05) is 31.9 Å². The maximum absolute atomic E-state index is 11.9. The molecule has 0 aromatic heterocycles. The number of aliphatic hydroxyl groups excluding tert-OH is 1. The van der Waals surface area contributed by atoms with Crippen LogP contribution in [0.2, 0.25) is 0 Å². The second kappa shape index (κ2) is 4.70. The average molecular weight is 318 g/mol. The van der Waals surface area contributed by atoms with Crippen molar-refractivity contribution < 1.29 is 15.0 Å². The summed E-state index contributed by atoms with van der Waals surface area (Å²) >= 11 is 0. The molecule has 1 spiro atoms. The molecule has 2 bridgehead atoms. The maximum Gasteiger partial charge on any atom is 0.126 e. The minimum Gasteiger partial charge on any atom is -0.393 e. The molecule has 0 amide bonds. The molecule has 23 heavy (non-hydrogen) atoms. The van der Waals surface area contributed by atoms with Crippen LogP contribution in [0, 0.1) is 28.1 Å². The van der Waals surface area contributed by atoms with Gasteiger partial charge in [-0.3, -0.25) is 0 Å². The van der Waals surface area contributed by atoms with Crippen molar-refractivity contribution >= 4 is 6.29 Å². The summed E-state index contributed by atoms with van der Waals surface area (Å²) in [7, 11) is 0. The molecule has 4 rings (SSSR count). The van der Waals surface area contributed by atoms with E-state index in [1.54, 1.807) is 0 Å². The minimum absolute atomic E-state index is 0.0762. The van der Waals surface area contributed by atoms with Crippen molar-refractivity contribution in [2.75, 3.05) is 6.61 Å². The third kappa shape index (κ3) is 1.87. The fraction of sp³-hybridized carbons (Fsp3) is 0.850. The Morgan fingerprint density at radius 2 is 2.09 bits per heavy atom. The maximum atomic E-state index is 11.9. The Kier molecular flexibility index (Phi) is 3.23. The van der Waals surface area contributed by atoms with Gasteiger partial charge < -0.3 is 15.0 Å². The second-order valence-corrected chi connectivity index (χ2v) is 9.46. The summed E-state index contributed by atoms with van der Waals surface area (Å²) in [6, 6.07) is 0. The quantitative estimate of drug-likeness (QED) is 0.607. The summed E-state index contributed by atoms with van der Waals surface area (Å²) < 4.78 is 0. The first-order chi connectivity index (χ1) is 10.8. The highest BCUT2D eigenvalue weighted by atomic mass is 16.3. The predicted molar refractivity (Wildman–Crippen MR) is 88.7 cm³/mol. The highest BCUT2D eigenvalue weighted by molar-refractivity contribution is 5.60. The van der Waals surface area contributed by atoms with Crippen LogP contribution < -0.4 is 0 Å². The molecular weight excluding hydrogens is 288 g/mol. The SMILES string of the molecule is C[C@@]12CCC[C@@](C)(C=O)[C@H]1CC[C@@]13C[C@@H](CC=C12)[C@@](O)(CO)C3. The number of aldehydes is 1. The summed E-state index contributed by atoms with van der Waals surface area (Å²) in [4.78, 5) is 11.9. The second-order valence-electron chi connectivity index (χ2n) is 9.46. The van der Waals surface area contributed by atoms with Crippen LogP contribution in [0.15, 0.2) is 11.6 Å². The smallest absolute Gasteiger partial charge is 0.126 e. The summed E-state index contributed by atoms with van der Waals surface area (Å²) in [5.41, 5.74) is 0.599. The number of aliphatic hydroxyl groups is 2. The van der Waals surface area contributed by atoms with E-state index in [0.29, 0.717) is 12.3 Å². The van der Waals surface area contributed by atoms with Gasteiger partial charge >= 0.3 is 0 Å². The van der Waals surface area contributed by atoms with Crippen LogP contribution in [-0.2, 0) is 4.79 Å². The highest BCUT2D eigenvalue weighted by Gasteiger charge is 2.64. The van der Waals surface area contributed by atoms with Crippen molar-refractivity contribution in [3.8, 4) is 0 Å². The van der Waals surface area contributed by atoms with Gasteiger partial charge in [0, 0.05) is 5.41 Å². The molecule has 0 aliphatic heterocycles. The number of carbonyl (C=O) groups excluding carboxylic acids is 1. The highest BCUT2D eigenvalue weighted by Crippen LogP contribution is 2.70. The fourth-order valence-corrected chi connectivity index (χ4v) is 7.24.